The fraction of sp³-hybridized carbons (Fsp3) is 0.467. The molecule has 0 spiro atoms. The largest absolute Gasteiger partial charge is 0.493 e. The number of primary amides is 1. The molecule has 22 heavy (non-hydrogen) atoms. The zero-order valence-electron chi connectivity index (χ0n) is 13.6. The topological polar surface area (TPSA) is 93.9 Å². The average Bonchev–Trinajstić information content (AvgIpc) is 2.45. The summed E-state index contributed by atoms with van der Waals surface area (Å²) in [6.45, 7) is 3.64. The van der Waals surface area contributed by atoms with Gasteiger partial charge < -0.3 is 25.4 Å². The summed E-state index contributed by atoms with van der Waals surface area (Å²) in [4.78, 5) is 24.1. The minimum Gasteiger partial charge on any atom is -0.493 e. The van der Waals surface area contributed by atoms with Crippen molar-refractivity contribution in [3.05, 3.63) is 23.3 Å². The van der Waals surface area contributed by atoms with E-state index in [0.29, 0.717) is 11.5 Å². The Morgan fingerprint density at radius 2 is 1.82 bits per heavy atom. The zero-order valence-corrected chi connectivity index (χ0v) is 13.6. The first-order valence-electron chi connectivity index (χ1n) is 6.82. The molecule has 3 amide bonds. The van der Waals surface area contributed by atoms with Crippen LogP contribution in [0, 0.1) is 6.92 Å². The van der Waals surface area contributed by atoms with Crippen LogP contribution in [0.2, 0.25) is 0 Å². The van der Waals surface area contributed by atoms with Gasteiger partial charge >= 0.3 is 6.03 Å². The third-order valence-electron chi connectivity index (χ3n) is 3.32. The number of aryl methyl sites for hydroxylation is 1. The maximum absolute atomic E-state index is 12.0. The molecule has 3 N–H and O–H groups in total. The van der Waals surface area contributed by atoms with Gasteiger partial charge in [-0.05, 0) is 37.1 Å². The lowest BCUT2D eigenvalue weighted by Crippen LogP contribution is -2.42. The van der Waals surface area contributed by atoms with Gasteiger partial charge in [0.1, 0.15) is 6.54 Å². The first kappa shape index (κ1) is 17.6. The van der Waals surface area contributed by atoms with Crippen molar-refractivity contribution in [1.82, 2.24) is 10.2 Å². The number of rotatable bonds is 6. The fourth-order valence-corrected chi connectivity index (χ4v) is 2.14. The van der Waals surface area contributed by atoms with Gasteiger partial charge in [-0.2, -0.15) is 0 Å². The Hall–Kier alpha value is -2.44. The Labute approximate surface area is 130 Å². The molecule has 0 fully saturated rings. The summed E-state index contributed by atoms with van der Waals surface area (Å²) >= 11 is 0. The molecular formula is C15H23N3O4. The van der Waals surface area contributed by atoms with Crippen LogP contribution in [-0.4, -0.2) is 44.7 Å². The lowest BCUT2D eigenvalue weighted by atomic mass is 10.0. The number of methoxy groups -OCH3 is 2. The number of urea groups is 1. The molecule has 1 aromatic carbocycles. The molecule has 1 unspecified atom stereocenters. The standard InChI is InChI=1S/C15H23N3O4/c1-9-6-12(21-4)13(22-5)7-11(9)10(2)17-15(20)18(3)8-14(16)19/h6-7,10H,8H2,1-5H3,(H2,16,19)(H,17,20). The minimum absolute atomic E-state index is 0.135. The average molecular weight is 309 g/mol. The fourth-order valence-electron chi connectivity index (χ4n) is 2.14. The van der Waals surface area contributed by atoms with Crippen LogP contribution in [0.3, 0.4) is 0 Å². The number of likely N-dealkylation sites (N-methyl/N-ethyl adjacent to an activating group) is 1. The third-order valence-corrected chi connectivity index (χ3v) is 3.32. The molecule has 0 saturated heterocycles. The summed E-state index contributed by atoms with van der Waals surface area (Å²) in [5.41, 5.74) is 6.94. The molecule has 1 rings (SSSR count). The molecule has 0 aliphatic heterocycles. The maximum atomic E-state index is 12.0. The highest BCUT2D eigenvalue weighted by Crippen LogP contribution is 2.32. The number of carbonyl (C=O) groups is 2. The van der Waals surface area contributed by atoms with Gasteiger partial charge in [0.2, 0.25) is 5.91 Å². The number of hydrogen-bond acceptors (Lipinski definition) is 4. The molecule has 0 saturated carbocycles. The van der Waals surface area contributed by atoms with Crippen molar-refractivity contribution in [3.63, 3.8) is 0 Å². The summed E-state index contributed by atoms with van der Waals surface area (Å²) in [5, 5.41) is 2.81. The lowest BCUT2D eigenvalue weighted by molar-refractivity contribution is -0.118. The number of benzene rings is 1. The molecule has 0 radical (unpaired) electrons. The highest BCUT2D eigenvalue weighted by atomic mass is 16.5. The molecule has 0 heterocycles. The molecule has 0 aliphatic carbocycles. The molecule has 122 valence electrons. The Kier molecular flexibility index (Phi) is 6.03. The Morgan fingerprint density at radius 3 is 2.32 bits per heavy atom. The lowest BCUT2D eigenvalue weighted by Gasteiger charge is -2.22. The van der Waals surface area contributed by atoms with Gasteiger partial charge in [0.15, 0.2) is 11.5 Å². The highest BCUT2D eigenvalue weighted by Gasteiger charge is 2.18. The van der Waals surface area contributed by atoms with E-state index in [2.05, 4.69) is 5.32 Å². The van der Waals surface area contributed by atoms with Crippen LogP contribution in [0.4, 0.5) is 4.79 Å². The third kappa shape index (κ3) is 4.28. The van der Waals surface area contributed by atoms with E-state index in [4.69, 9.17) is 15.2 Å². The Morgan fingerprint density at radius 1 is 1.27 bits per heavy atom. The second-order valence-corrected chi connectivity index (χ2v) is 5.06. The van der Waals surface area contributed by atoms with Gasteiger partial charge in [-0.1, -0.05) is 0 Å². The number of hydrogen-bond donors (Lipinski definition) is 2. The zero-order chi connectivity index (χ0) is 16.9. The molecule has 0 aromatic heterocycles. The second-order valence-electron chi connectivity index (χ2n) is 5.06. The van der Waals surface area contributed by atoms with Crippen molar-refractivity contribution in [2.45, 2.75) is 19.9 Å². The van der Waals surface area contributed by atoms with Crippen molar-refractivity contribution < 1.29 is 19.1 Å². The number of amides is 3. The summed E-state index contributed by atoms with van der Waals surface area (Å²) in [7, 11) is 4.64. The van der Waals surface area contributed by atoms with E-state index in [1.54, 1.807) is 14.2 Å². The van der Waals surface area contributed by atoms with Gasteiger partial charge in [-0.25, -0.2) is 4.79 Å². The molecule has 1 atom stereocenters. The molecule has 7 nitrogen and oxygen atoms in total. The van der Waals surface area contributed by atoms with Crippen LogP contribution < -0.4 is 20.5 Å². The van der Waals surface area contributed by atoms with Crippen LogP contribution in [0.15, 0.2) is 12.1 Å². The van der Waals surface area contributed by atoms with Crippen LogP contribution in [-0.2, 0) is 4.79 Å². The first-order valence-corrected chi connectivity index (χ1v) is 6.82. The summed E-state index contributed by atoms with van der Waals surface area (Å²) in [6, 6.07) is 3.04. The summed E-state index contributed by atoms with van der Waals surface area (Å²) in [6.07, 6.45) is 0. The smallest absolute Gasteiger partial charge is 0.318 e. The van der Waals surface area contributed by atoms with Crippen molar-refractivity contribution in [2.75, 3.05) is 27.8 Å². The second kappa shape index (κ2) is 7.53. The Balaban J connectivity index is 2.91. The van der Waals surface area contributed by atoms with Gasteiger partial charge in [0.25, 0.3) is 0 Å². The van der Waals surface area contributed by atoms with E-state index in [-0.39, 0.29) is 18.6 Å². The van der Waals surface area contributed by atoms with Crippen molar-refractivity contribution in [1.29, 1.82) is 0 Å². The van der Waals surface area contributed by atoms with E-state index in [0.717, 1.165) is 11.1 Å². The van der Waals surface area contributed by atoms with Crippen LogP contribution >= 0.6 is 0 Å². The molecular weight excluding hydrogens is 286 g/mol. The SMILES string of the molecule is COc1cc(C)c(C(C)NC(=O)N(C)CC(N)=O)cc1OC. The van der Waals surface area contributed by atoms with E-state index < -0.39 is 5.91 Å². The van der Waals surface area contributed by atoms with Crippen LogP contribution in [0.25, 0.3) is 0 Å². The predicted octanol–water partition coefficient (Wildman–Crippen LogP) is 1.20. The number of nitrogens with two attached hydrogens (primary N) is 1. The molecule has 0 bridgehead atoms. The number of ether oxygens (including phenoxy) is 2. The van der Waals surface area contributed by atoms with E-state index >= 15 is 0 Å². The molecule has 7 heteroatoms. The van der Waals surface area contributed by atoms with Gasteiger partial charge in [-0.3, -0.25) is 4.79 Å². The van der Waals surface area contributed by atoms with Crippen LogP contribution in [0.5, 0.6) is 11.5 Å². The van der Waals surface area contributed by atoms with E-state index in [9.17, 15) is 9.59 Å². The van der Waals surface area contributed by atoms with Gasteiger partial charge in [0, 0.05) is 7.05 Å². The summed E-state index contributed by atoms with van der Waals surface area (Å²) in [5.74, 6) is 0.662. The quantitative estimate of drug-likeness (QED) is 0.825. The maximum Gasteiger partial charge on any atom is 0.318 e. The molecule has 1 aromatic rings. The van der Waals surface area contributed by atoms with Crippen molar-refractivity contribution in [2.24, 2.45) is 5.73 Å². The van der Waals surface area contributed by atoms with Crippen molar-refractivity contribution >= 4 is 11.9 Å². The van der Waals surface area contributed by atoms with Crippen LogP contribution in [0.1, 0.15) is 24.1 Å². The minimum atomic E-state index is -0.562. The first-order chi connectivity index (χ1) is 10.3. The number of nitrogens with one attached hydrogen (secondary N) is 1. The normalized spacial score (nSPS) is 11.5. The van der Waals surface area contributed by atoms with Gasteiger partial charge in [0.05, 0.1) is 20.3 Å². The molecule has 0 aliphatic rings. The van der Waals surface area contributed by atoms with E-state index in [1.165, 1.54) is 11.9 Å². The van der Waals surface area contributed by atoms with Gasteiger partial charge in [-0.15, -0.1) is 0 Å². The monoisotopic (exact) mass is 309 g/mol. The highest BCUT2D eigenvalue weighted by molar-refractivity contribution is 5.82. The Bertz CT molecular complexity index is 560. The number of carbonyl (C=O) groups excluding carboxylic acids is 2. The predicted molar refractivity (Wildman–Crippen MR) is 83.1 cm³/mol. The van der Waals surface area contributed by atoms with Crippen molar-refractivity contribution in [3.8, 4) is 11.5 Å². The van der Waals surface area contributed by atoms with E-state index in [1.807, 2.05) is 26.0 Å². The summed E-state index contributed by atoms with van der Waals surface area (Å²) < 4.78 is 10.5. The number of nitrogens with zero attached hydrogens (tertiary/aromatic N) is 1.